The summed E-state index contributed by atoms with van der Waals surface area (Å²) in [5, 5.41) is 28.7. The molecule has 0 unspecified atom stereocenters. The number of ketones is 1. The highest BCUT2D eigenvalue weighted by atomic mass is 79.9. The number of nitrogens with two attached hydrogens (primary N) is 1. The summed E-state index contributed by atoms with van der Waals surface area (Å²) in [7, 11) is 0. The van der Waals surface area contributed by atoms with Gasteiger partial charge in [0.2, 0.25) is 0 Å². The Morgan fingerprint density at radius 2 is 1.79 bits per heavy atom. The Balaban J connectivity index is 2.55. The number of nitrogens with zero attached hydrogens (tertiary/aromatic N) is 3. The van der Waals surface area contributed by atoms with Crippen LogP contribution in [0.25, 0.3) is 0 Å². The van der Waals surface area contributed by atoms with Gasteiger partial charge in [0.25, 0.3) is 0 Å². The van der Waals surface area contributed by atoms with E-state index >= 15 is 0 Å². The Bertz CT molecular complexity index is 854. The quantitative estimate of drug-likeness (QED) is 0.627. The van der Waals surface area contributed by atoms with Gasteiger partial charge in [0.15, 0.2) is 11.2 Å². The highest BCUT2D eigenvalue weighted by Gasteiger charge is 2.61. The smallest absolute Gasteiger partial charge is 0.172 e. The molecule has 7 heteroatoms. The van der Waals surface area contributed by atoms with Gasteiger partial charge in [-0.3, -0.25) is 9.59 Å². The second-order valence-electron chi connectivity index (χ2n) is 5.49. The van der Waals surface area contributed by atoms with E-state index in [2.05, 4.69) is 15.9 Å². The molecule has 118 valence electrons. The molecular weight excluding hydrogens is 372 g/mol. The Kier molecular flexibility index (Phi) is 4.55. The van der Waals surface area contributed by atoms with Gasteiger partial charge in [-0.25, -0.2) is 0 Å². The van der Waals surface area contributed by atoms with Crippen LogP contribution in [0.4, 0.5) is 0 Å². The van der Waals surface area contributed by atoms with Crippen molar-refractivity contribution in [2.24, 2.45) is 16.6 Å². The van der Waals surface area contributed by atoms with Crippen molar-refractivity contribution in [1.29, 1.82) is 15.8 Å². The molecule has 2 N–H and O–H groups in total. The zero-order valence-electron chi connectivity index (χ0n) is 12.4. The minimum atomic E-state index is -1.87. The molecule has 0 aromatic heterocycles. The first-order chi connectivity index (χ1) is 11.4. The molecule has 0 radical (unpaired) electrons. The van der Waals surface area contributed by atoms with Crippen LogP contribution in [0.15, 0.2) is 40.0 Å². The molecule has 0 saturated carbocycles. The zero-order valence-corrected chi connectivity index (χ0v) is 14.0. The van der Waals surface area contributed by atoms with Crippen LogP contribution in [0.3, 0.4) is 0 Å². The maximum atomic E-state index is 12.6. The van der Waals surface area contributed by atoms with E-state index in [1.54, 1.807) is 36.4 Å². The normalized spacial score (nSPS) is 21.4. The number of halogens is 1. The van der Waals surface area contributed by atoms with Crippen LogP contribution in [0.1, 0.15) is 23.2 Å². The highest BCUT2D eigenvalue weighted by Crippen LogP contribution is 2.55. The summed E-state index contributed by atoms with van der Waals surface area (Å²) in [6.07, 6.45) is -0.284. The first kappa shape index (κ1) is 17.4. The van der Waals surface area contributed by atoms with Crippen molar-refractivity contribution in [2.45, 2.75) is 12.8 Å². The molecule has 1 aliphatic rings. The minimum absolute atomic E-state index is 0.0169. The molecule has 0 aliphatic heterocycles. The van der Waals surface area contributed by atoms with E-state index in [1.165, 1.54) is 0 Å². The van der Waals surface area contributed by atoms with Crippen LogP contribution >= 0.6 is 15.9 Å². The van der Waals surface area contributed by atoms with Crippen molar-refractivity contribution in [2.75, 3.05) is 0 Å². The van der Waals surface area contributed by atoms with Crippen molar-refractivity contribution in [3.05, 3.63) is 45.6 Å². The summed E-state index contributed by atoms with van der Waals surface area (Å²) in [5.74, 6) is -0.436. The predicted molar refractivity (Wildman–Crippen MR) is 86.7 cm³/mol. The number of carbonyl (C=O) groups is 2. The number of hydrogen-bond acceptors (Lipinski definition) is 6. The lowest BCUT2D eigenvalue weighted by Gasteiger charge is -2.31. The van der Waals surface area contributed by atoms with Crippen LogP contribution in [0.2, 0.25) is 0 Å². The zero-order chi connectivity index (χ0) is 18.0. The third-order valence-corrected chi connectivity index (χ3v) is 4.83. The standard InChI is InChI=1S/C17H11BrN4O2/c18-13-3-1-11(2-4-13)14(24)6-17(10-21)15(22)12(7-23)5-16(17,8-19)9-20/h1-4,7H,5-6,22H2/t17-/m1/s1. The fourth-order valence-corrected chi connectivity index (χ4v) is 3.12. The highest BCUT2D eigenvalue weighted by molar-refractivity contribution is 9.10. The van der Waals surface area contributed by atoms with Crippen LogP contribution in [-0.4, -0.2) is 12.1 Å². The van der Waals surface area contributed by atoms with Crippen molar-refractivity contribution < 1.29 is 9.59 Å². The molecule has 0 heterocycles. The largest absolute Gasteiger partial charge is 0.400 e. The van der Waals surface area contributed by atoms with E-state index in [4.69, 9.17) is 5.73 Å². The van der Waals surface area contributed by atoms with E-state index in [-0.39, 0.29) is 17.7 Å². The average Bonchev–Trinajstić information content (AvgIpc) is 2.84. The van der Waals surface area contributed by atoms with E-state index in [0.29, 0.717) is 11.8 Å². The molecule has 1 atom stereocenters. The summed E-state index contributed by atoms with van der Waals surface area (Å²) in [6, 6.07) is 11.9. The lowest BCUT2D eigenvalue weighted by atomic mass is 9.63. The topological polar surface area (TPSA) is 132 Å². The van der Waals surface area contributed by atoms with Gasteiger partial charge in [-0.2, -0.15) is 15.8 Å². The first-order valence-corrected chi connectivity index (χ1v) is 7.66. The van der Waals surface area contributed by atoms with E-state index in [0.717, 1.165) is 4.47 Å². The number of hydrogen-bond donors (Lipinski definition) is 1. The second kappa shape index (κ2) is 6.28. The monoisotopic (exact) mass is 382 g/mol. The van der Waals surface area contributed by atoms with Crippen LogP contribution < -0.4 is 5.73 Å². The molecule has 0 amide bonds. The molecule has 0 bridgehead atoms. The maximum absolute atomic E-state index is 12.6. The average molecular weight is 383 g/mol. The van der Waals surface area contributed by atoms with Gasteiger partial charge in [0.1, 0.15) is 11.7 Å². The number of allylic oxidation sites excluding steroid dienone is 2. The number of Topliss-reactive ketones (excluding diaryl/α,β-unsaturated/α-hetero) is 1. The van der Waals surface area contributed by atoms with Crippen molar-refractivity contribution in [1.82, 2.24) is 0 Å². The van der Waals surface area contributed by atoms with Gasteiger partial charge in [-0.15, -0.1) is 0 Å². The fraction of sp³-hybridized carbons (Fsp3) is 0.235. The van der Waals surface area contributed by atoms with Gasteiger partial charge in [-0.05, 0) is 12.1 Å². The number of benzene rings is 1. The van der Waals surface area contributed by atoms with Gasteiger partial charge in [-0.1, -0.05) is 28.1 Å². The molecule has 2 rings (SSSR count). The van der Waals surface area contributed by atoms with Crippen LogP contribution in [0.5, 0.6) is 0 Å². The molecular formula is C17H11BrN4O2. The number of aldehydes is 1. The molecule has 1 aromatic carbocycles. The summed E-state index contributed by atoms with van der Waals surface area (Å²) in [6.45, 7) is 0. The first-order valence-electron chi connectivity index (χ1n) is 6.86. The van der Waals surface area contributed by atoms with Crippen molar-refractivity contribution >= 4 is 28.0 Å². The van der Waals surface area contributed by atoms with Gasteiger partial charge in [0, 0.05) is 34.1 Å². The van der Waals surface area contributed by atoms with Crippen molar-refractivity contribution in [3.8, 4) is 18.2 Å². The second-order valence-corrected chi connectivity index (χ2v) is 6.40. The number of rotatable bonds is 4. The molecule has 1 aliphatic carbocycles. The van der Waals surface area contributed by atoms with E-state index < -0.39 is 23.0 Å². The summed E-state index contributed by atoms with van der Waals surface area (Å²) >= 11 is 3.26. The molecule has 6 nitrogen and oxygen atoms in total. The fourth-order valence-electron chi connectivity index (χ4n) is 2.86. The lowest BCUT2D eigenvalue weighted by molar-refractivity contribution is -0.105. The Morgan fingerprint density at radius 3 is 2.25 bits per heavy atom. The number of carbonyl (C=O) groups excluding carboxylic acids is 2. The number of nitriles is 3. The molecule has 1 aromatic rings. The molecule has 0 fully saturated rings. The minimum Gasteiger partial charge on any atom is -0.400 e. The van der Waals surface area contributed by atoms with Gasteiger partial charge in [0.05, 0.1) is 18.2 Å². The Morgan fingerprint density at radius 1 is 1.21 bits per heavy atom. The van der Waals surface area contributed by atoms with E-state index in [1.807, 2.05) is 6.07 Å². The molecule has 24 heavy (non-hydrogen) atoms. The van der Waals surface area contributed by atoms with Crippen molar-refractivity contribution in [3.63, 3.8) is 0 Å². The van der Waals surface area contributed by atoms with Gasteiger partial charge < -0.3 is 5.73 Å². The molecule has 0 saturated heterocycles. The predicted octanol–water partition coefficient (Wildman–Crippen LogP) is 2.38. The van der Waals surface area contributed by atoms with E-state index in [9.17, 15) is 25.4 Å². The van der Waals surface area contributed by atoms with Crippen LogP contribution in [-0.2, 0) is 4.79 Å². The van der Waals surface area contributed by atoms with Gasteiger partial charge >= 0.3 is 0 Å². The third-order valence-electron chi connectivity index (χ3n) is 4.30. The Labute approximate surface area is 146 Å². The summed E-state index contributed by atoms with van der Waals surface area (Å²) in [4.78, 5) is 23.8. The summed E-state index contributed by atoms with van der Waals surface area (Å²) in [5.41, 5.74) is 2.37. The third kappa shape index (κ3) is 2.38. The Hall–Kier alpha value is -2.95. The SMILES string of the molecule is N#CC1(C#N)CC(C=O)=C(N)[C@]1(C#N)CC(=O)c1ccc(Br)cc1. The molecule has 0 spiro atoms. The summed E-state index contributed by atoms with van der Waals surface area (Å²) < 4.78 is 0.779. The van der Waals surface area contributed by atoms with Crippen LogP contribution in [0, 0.1) is 44.8 Å². The lowest BCUT2D eigenvalue weighted by Crippen LogP contribution is -2.41. The maximum Gasteiger partial charge on any atom is 0.172 e.